The van der Waals surface area contributed by atoms with E-state index in [9.17, 15) is 34.2 Å². The number of carbonyl (C=O) groups is 5. The Morgan fingerprint density at radius 3 is 2.61 bits per heavy atom. The van der Waals surface area contributed by atoms with Crippen LogP contribution in [0.5, 0.6) is 5.75 Å². The van der Waals surface area contributed by atoms with Gasteiger partial charge in [0.15, 0.2) is 5.75 Å². The van der Waals surface area contributed by atoms with Crippen molar-refractivity contribution in [2.45, 2.75) is 17.5 Å². The fourth-order valence-electron chi connectivity index (χ4n) is 4.52. The first-order valence-corrected chi connectivity index (χ1v) is 13.1. The van der Waals surface area contributed by atoms with E-state index in [0.29, 0.717) is 11.1 Å². The summed E-state index contributed by atoms with van der Waals surface area (Å²) in [5, 5.41) is 24.8. The molecule has 210 valence electrons. The van der Waals surface area contributed by atoms with Crippen molar-refractivity contribution in [3.63, 3.8) is 0 Å². The number of carbonyl (C=O) groups excluding carboxylic acids is 4. The summed E-state index contributed by atoms with van der Waals surface area (Å²) in [4.78, 5) is 71.9. The van der Waals surface area contributed by atoms with Crippen LogP contribution < -0.4 is 16.4 Å². The van der Waals surface area contributed by atoms with Crippen LogP contribution in [0.25, 0.3) is 11.0 Å². The lowest BCUT2D eigenvalue weighted by molar-refractivity contribution is -0.151. The maximum Gasteiger partial charge on any atom is 0.404 e. The number of β-lactam (4-membered cyclic amide) rings is 1. The zero-order chi connectivity index (χ0) is 29.3. The van der Waals surface area contributed by atoms with Gasteiger partial charge < -0.3 is 31.3 Å². The SMILES string of the molecule is NC(=O)OCC1=C(C(=O)O)N2C(=O)C(NC(=O)C(NC(=O)c3cnc4cccnc4c3O)c3ccccc3)[C@@H]2SC1. The number of thioether (sulfide) groups is 1. The van der Waals surface area contributed by atoms with E-state index in [4.69, 9.17) is 10.5 Å². The lowest BCUT2D eigenvalue weighted by Gasteiger charge is -2.49. The van der Waals surface area contributed by atoms with Crippen molar-refractivity contribution >= 4 is 52.6 Å². The number of aromatic hydroxyl groups is 1. The van der Waals surface area contributed by atoms with E-state index < -0.39 is 59.6 Å². The van der Waals surface area contributed by atoms with Crippen molar-refractivity contribution < 1.29 is 38.9 Å². The minimum Gasteiger partial charge on any atom is -0.505 e. The summed E-state index contributed by atoms with van der Waals surface area (Å²) in [6, 6.07) is 9.11. The van der Waals surface area contributed by atoms with Gasteiger partial charge in [-0.15, -0.1) is 11.8 Å². The van der Waals surface area contributed by atoms with Gasteiger partial charge in [0, 0.05) is 23.7 Å². The Morgan fingerprint density at radius 1 is 1.15 bits per heavy atom. The number of benzene rings is 1. The first-order chi connectivity index (χ1) is 19.7. The lowest BCUT2D eigenvalue weighted by atomic mass is 10.0. The molecule has 0 aliphatic carbocycles. The van der Waals surface area contributed by atoms with Gasteiger partial charge in [0.2, 0.25) is 5.91 Å². The molecule has 2 unspecified atom stereocenters. The van der Waals surface area contributed by atoms with Gasteiger partial charge in [-0.2, -0.15) is 0 Å². The van der Waals surface area contributed by atoms with Crippen molar-refractivity contribution in [3.05, 3.63) is 77.3 Å². The zero-order valence-electron chi connectivity index (χ0n) is 21.0. The number of carboxylic acid groups (broad SMARTS) is 1. The summed E-state index contributed by atoms with van der Waals surface area (Å²) >= 11 is 1.17. The highest BCUT2D eigenvalue weighted by atomic mass is 32.2. The Kier molecular flexibility index (Phi) is 7.43. The van der Waals surface area contributed by atoms with Gasteiger partial charge in [0.25, 0.3) is 11.8 Å². The summed E-state index contributed by atoms with van der Waals surface area (Å²) in [7, 11) is 0. The summed E-state index contributed by atoms with van der Waals surface area (Å²) < 4.78 is 4.71. The van der Waals surface area contributed by atoms with Gasteiger partial charge in [-0.25, -0.2) is 9.59 Å². The molecule has 3 atom stereocenters. The molecule has 4 amide bonds. The number of aliphatic carboxylic acids is 1. The van der Waals surface area contributed by atoms with Crippen LogP contribution in [-0.4, -0.2) is 78.6 Å². The third-order valence-electron chi connectivity index (χ3n) is 6.45. The van der Waals surface area contributed by atoms with Crippen LogP contribution in [0.15, 0.2) is 66.1 Å². The number of rotatable bonds is 8. The molecule has 0 bridgehead atoms. The number of nitrogens with zero attached hydrogens (tertiary/aromatic N) is 3. The van der Waals surface area contributed by atoms with E-state index in [2.05, 4.69) is 20.6 Å². The molecule has 1 aromatic carbocycles. The molecule has 6 N–H and O–H groups in total. The second-order valence-electron chi connectivity index (χ2n) is 8.97. The van der Waals surface area contributed by atoms with Gasteiger partial charge in [0.1, 0.15) is 40.8 Å². The van der Waals surface area contributed by atoms with Crippen LogP contribution >= 0.6 is 11.8 Å². The smallest absolute Gasteiger partial charge is 0.404 e. The molecule has 3 aromatic rings. The molecule has 1 saturated heterocycles. The van der Waals surface area contributed by atoms with E-state index in [-0.39, 0.29) is 28.1 Å². The Morgan fingerprint density at radius 2 is 1.90 bits per heavy atom. The number of carboxylic acids is 1. The maximum absolute atomic E-state index is 13.5. The molecule has 2 aliphatic heterocycles. The highest BCUT2D eigenvalue weighted by molar-refractivity contribution is 8.00. The fourth-order valence-corrected chi connectivity index (χ4v) is 5.84. The Balaban J connectivity index is 1.37. The summed E-state index contributed by atoms with van der Waals surface area (Å²) in [6.07, 6.45) is 1.51. The minimum atomic E-state index is -1.40. The predicted octanol–water partition coefficient (Wildman–Crippen LogP) is 0.640. The van der Waals surface area contributed by atoms with Crippen LogP contribution in [0.2, 0.25) is 0 Å². The Bertz CT molecular complexity index is 1610. The van der Waals surface area contributed by atoms with Crippen molar-refractivity contribution in [2.24, 2.45) is 5.73 Å². The normalized spacial score (nSPS) is 18.6. The molecule has 4 heterocycles. The summed E-state index contributed by atoms with van der Waals surface area (Å²) in [5.74, 6) is -3.94. The highest BCUT2D eigenvalue weighted by Gasteiger charge is 2.54. The molecule has 2 aromatic heterocycles. The van der Waals surface area contributed by atoms with Crippen LogP contribution in [-0.2, 0) is 19.1 Å². The fraction of sp³-hybridized carbons (Fsp3) is 0.192. The lowest BCUT2D eigenvalue weighted by Crippen LogP contribution is -2.71. The van der Waals surface area contributed by atoms with E-state index in [1.165, 1.54) is 24.2 Å². The predicted molar refractivity (Wildman–Crippen MR) is 143 cm³/mol. The van der Waals surface area contributed by atoms with Crippen LogP contribution in [0.3, 0.4) is 0 Å². The zero-order valence-corrected chi connectivity index (χ0v) is 21.8. The molecule has 2 aliphatic rings. The first kappa shape index (κ1) is 27.4. The molecule has 1 fully saturated rings. The number of hydrogen-bond donors (Lipinski definition) is 5. The molecule has 0 spiro atoms. The standard InChI is InChI=1S/C26H22N6O8S/c27-26(39)40-10-13-11-41-24-18(23(36)32(24)19(13)25(37)38)31-22(35)16(12-5-2-1-3-6-12)30-21(34)14-9-29-15-7-4-8-28-17(15)20(14)33/h1-9,16,18,24H,10-11H2,(H2,27,39)(H,29,33)(H,30,34)(H,31,35)(H,37,38)/t16?,18?,24-/m0/s1. The van der Waals surface area contributed by atoms with Gasteiger partial charge in [0.05, 0.1) is 5.52 Å². The van der Waals surface area contributed by atoms with Gasteiger partial charge in [-0.1, -0.05) is 30.3 Å². The van der Waals surface area contributed by atoms with Crippen molar-refractivity contribution in [1.82, 2.24) is 25.5 Å². The first-order valence-electron chi connectivity index (χ1n) is 12.1. The van der Waals surface area contributed by atoms with E-state index in [0.717, 1.165) is 4.90 Å². The molecule has 5 rings (SSSR count). The average Bonchev–Trinajstić information content (AvgIpc) is 2.97. The number of aromatic nitrogens is 2. The van der Waals surface area contributed by atoms with E-state index in [1.807, 2.05) is 0 Å². The van der Waals surface area contributed by atoms with Gasteiger partial charge in [-0.3, -0.25) is 29.3 Å². The second-order valence-corrected chi connectivity index (χ2v) is 10.1. The second kappa shape index (κ2) is 11.1. The molecule has 0 radical (unpaired) electrons. The van der Waals surface area contributed by atoms with Crippen molar-refractivity contribution in [1.29, 1.82) is 0 Å². The third kappa shape index (κ3) is 5.21. The highest BCUT2D eigenvalue weighted by Crippen LogP contribution is 2.40. The van der Waals surface area contributed by atoms with E-state index in [1.54, 1.807) is 42.5 Å². The summed E-state index contributed by atoms with van der Waals surface area (Å²) in [6.45, 7) is -0.397. The molecule has 0 saturated carbocycles. The molecule has 41 heavy (non-hydrogen) atoms. The largest absolute Gasteiger partial charge is 0.505 e. The number of nitrogens with two attached hydrogens (primary N) is 1. The molecule has 14 nitrogen and oxygen atoms in total. The number of ether oxygens (including phenoxy) is 1. The number of nitrogens with one attached hydrogen (secondary N) is 2. The Labute approximate surface area is 235 Å². The van der Waals surface area contributed by atoms with Gasteiger partial charge in [-0.05, 0) is 17.7 Å². The minimum absolute atomic E-state index is 0.108. The average molecular weight is 579 g/mol. The Hall–Kier alpha value is -5.18. The van der Waals surface area contributed by atoms with Crippen LogP contribution in [0.1, 0.15) is 22.0 Å². The third-order valence-corrected chi connectivity index (χ3v) is 7.79. The molecule has 15 heteroatoms. The number of pyridine rings is 2. The van der Waals surface area contributed by atoms with Crippen LogP contribution in [0.4, 0.5) is 4.79 Å². The number of fused-ring (bicyclic) bond motifs is 2. The number of primary amides is 1. The number of hydrogen-bond acceptors (Lipinski definition) is 10. The van der Waals surface area contributed by atoms with Gasteiger partial charge >= 0.3 is 12.1 Å². The maximum atomic E-state index is 13.5. The van der Waals surface area contributed by atoms with Crippen molar-refractivity contribution in [3.8, 4) is 5.75 Å². The number of amides is 4. The molecular formula is C26H22N6O8S. The van der Waals surface area contributed by atoms with Crippen molar-refractivity contribution in [2.75, 3.05) is 12.4 Å². The molecular weight excluding hydrogens is 556 g/mol. The van der Waals surface area contributed by atoms with Crippen LogP contribution in [0, 0.1) is 0 Å². The summed E-state index contributed by atoms with van der Waals surface area (Å²) in [5.41, 5.74) is 5.48. The monoisotopic (exact) mass is 578 g/mol. The van der Waals surface area contributed by atoms with E-state index >= 15 is 0 Å². The topological polar surface area (TPSA) is 214 Å². The quantitative estimate of drug-likeness (QED) is 0.234.